The van der Waals surface area contributed by atoms with Crippen LogP contribution in [0.4, 0.5) is 0 Å². The molecule has 0 saturated heterocycles. The Hall–Kier alpha value is -0.370. The molecule has 3 N–H and O–H groups in total. The van der Waals surface area contributed by atoms with E-state index in [0.717, 1.165) is 39.9 Å². The molecule has 2 aromatic rings. The molecule has 0 atom stereocenters. The van der Waals surface area contributed by atoms with Crippen LogP contribution in [0.25, 0.3) is 9.88 Å². The highest BCUT2D eigenvalue weighted by Gasteiger charge is 2.21. The summed E-state index contributed by atoms with van der Waals surface area (Å²) < 4.78 is 0.727. The number of carbonyl (C=O) groups is 1. The van der Waals surface area contributed by atoms with Gasteiger partial charge in [-0.2, -0.15) is 0 Å². The van der Waals surface area contributed by atoms with E-state index >= 15 is 0 Å². The summed E-state index contributed by atoms with van der Waals surface area (Å²) in [5.74, 6) is -0.0966. The van der Waals surface area contributed by atoms with Crippen molar-refractivity contribution >= 4 is 65.0 Å². The number of halogens is 3. The fourth-order valence-electron chi connectivity index (χ4n) is 2.44. The first kappa shape index (κ1) is 20.7. The summed E-state index contributed by atoms with van der Waals surface area (Å²) in [6, 6.07) is 4.27. The average Bonchev–Trinajstić information content (AvgIpc) is 3.10. The molecule has 1 saturated carbocycles. The minimum atomic E-state index is -0.0966. The molecule has 0 bridgehead atoms. The Bertz CT molecular complexity index is 639. The van der Waals surface area contributed by atoms with Gasteiger partial charge in [-0.1, -0.05) is 11.6 Å². The maximum absolute atomic E-state index is 12.2. The largest absolute Gasteiger partial charge is 0.348 e. The molecule has 0 spiro atoms. The van der Waals surface area contributed by atoms with Crippen molar-refractivity contribution in [3.63, 3.8) is 0 Å². The number of amides is 1. The van der Waals surface area contributed by atoms with E-state index in [1.807, 2.05) is 12.1 Å². The molecule has 2 aromatic heterocycles. The Labute approximate surface area is 160 Å². The molecule has 1 aliphatic carbocycles. The Morgan fingerprint density at radius 2 is 1.96 bits per heavy atom. The number of nitrogens with one attached hydrogen (secondary N) is 1. The molecule has 0 aliphatic heterocycles. The van der Waals surface area contributed by atoms with E-state index < -0.39 is 0 Å². The predicted octanol–water partition coefficient (Wildman–Crippen LogP) is 4.37. The quantitative estimate of drug-likeness (QED) is 0.783. The predicted molar refractivity (Wildman–Crippen MR) is 103 cm³/mol. The first-order valence-corrected chi connectivity index (χ1v) is 8.97. The fourth-order valence-corrected chi connectivity index (χ4v) is 4.36. The molecule has 9 heteroatoms. The number of rotatable bonds is 3. The lowest BCUT2D eigenvalue weighted by molar-refractivity contribution is 0.0921. The summed E-state index contributed by atoms with van der Waals surface area (Å²) in [4.78, 5) is 17.6. The minimum Gasteiger partial charge on any atom is -0.348 e. The molecule has 128 valence electrons. The molecular formula is C14H18Cl3N3OS2. The number of carbonyl (C=O) groups excluding carboxylic acids is 1. The highest BCUT2D eigenvalue weighted by molar-refractivity contribution is 7.23. The van der Waals surface area contributed by atoms with Gasteiger partial charge in [0.1, 0.15) is 10.7 Å². The van der Waals surface area contributed by atoms with Crippen LogP contribution < -0.4 is 11.1 Å². The van der Waals surface area contributed by atoms with Crippen LogP contribution in [0.1, 0.15) is 36.2 Å². The molecule has 3 rings (SSSR count). The molecule has 4 nitrogen and oxygen atoms in total. The molecule has 1 fully saturated rings. The van der Waals surface area contributed by atoms with E-state index in [1.165, 1.54) is 22.7 Å². The van der Waals surface area contributed by atoms with Gasteiger partial charge >= 0.3 is 0 Å². The first-order valence-electron chi connectivity index (χ1n) is 6.89. The van der Waals surface area contributed by atoms with Crippen LogP contribution in [0.2, 0.25) is 4.34 Å². The fraction of sp³-hybridized carbons (Fsp3) is 0.429. The maximum atomic E-state index is 12.2. The Kier molecular flexibility index (Phi) is 8.27. The highest BCUT2D eigenvalue weighted by atomic mass is 35.5. The third-order valence-electron chi connectivity index (χ3n) is 3.63. The number of nitrogens with zero attached hydrogens (tertiary/aromatic N) is 1. The lowest BCUT2D eigenvalue weighted by atomic mass is 9.92. The second-order valence-electron chi connectivity index (χ2n) is 5.23. The van der Waals surface area contributed by atoms with Crippen molar-refractivity contribution in [2.24, 2.45) is 5.73 Å². The van der Waals surface area contributed by atoms with Crippen molar-refractivity contribution in [1.29, 1.82) is 0 Å². The van der Waals surface area contributed by atoms with Crippen molar-refractivity contribution < 1.29 is 4.79 Å². The summed E-state index contributed by atoms with van der Waals surface area (Å²) in [5, 5.41) is 5.69. The van der Waals surface area contributed by atoms with Gasteiger partial charge in [0, 0.05) is 17.5 Å². The summed E-state index contributed by atoms with van der Waals surface area (Å²) in [6.45, 7) is 0. The summed E-state index contributed by atoms with van der Waals surface area (Å²) in [5.41, 5.74) is 6.36. The Morgan fingerprint density at radius 3 is 2.57 bits per heavy atom. The third kappa shape index (κ3) is 5.31. The van der Waals surface area contributed by atoms with E-state index in [4.69, 9.17) is 17.3 Å². The van der Waals surface area contributed by atoms with Gasteiger partial charge in [-0.25, -0.2) is 4.98 Å². The lowest BCUT2D eigenvalue weighted by Gasteiger charge is -2.26. The molecule has 23 heavy (non-hydrogen) atoms. The van der Waals surface area contributed by atoms with Gasteiger partial charge in [-0.3, -0.25) is 4.79 Å². The van der Waals surface area contributed by atoms with E-state index in [2.05, 4.69) is 10.3 Å². The smallest absolute Gasteiger partial charge is 0.270 e. The van der Waals surface area contributed by atoms with E-state index in [1.54, 1.807) is 5.38 Å². The van der Waals surface area contributed by atoms with Gasteiger partial charge < -0.3 is 11.1 Å². The van der Waals surface area contributed by atoms with Gasteiger partial charge in [-0.05, 0) is 37.8 Å². The summed E-state index contributed by atoms with van der Waals surface area (Å²) in [7, 11) is 0. The van der Waals surface area contributed by atoms with Crippen molar-refractivity contribution in [1.82, 2.24) is 10.3 Å². The molecule has 0 radical (unpaired) electrons. The first-order chi connectivity index (χ1) is 10.1. The molecular weight excluding hydrogens is 397 g/mol. The lowest BCUT2D eigenvalue weighted by Crippen LogP contribution is -2.40. The minimum absolute atomic E-state index is 0. The molecule has 0 unspecified atom stereocenters. The van der Waals surface area contributed by atoms with Gasteiger partial charge in [0.25, 0.3) is 5.91 Å². The standard InChI is InChI=1S/C14H16ClN3OS2.2ClH/c15-12-6-5-11(21-12)14-18-10(7-20-14)13(19)17-9-3-1-8(16)2-4-9;;/h5-9H,1-4,16H2,(H,17,19);2*1H. The number of hydrogen-bond donors (Lipinski definition) is 2. The number of hydrogen-bond acceptors (Lipinski definition) is 5. The highest BCUT2D eigenvalue weighted by Crippen LogP contribution is 2.33. The molecule has 1 amide bonds. The van der Waals surface area contributed by atoms with Crippen molar-refractivity contribution in [3.8, 4) is 9.88 Å². The van der Waals surface area contributed by atoms with Gasteiger partial charge in [-0.15, -0.1) is 47.5 Å². The van der Waals surface area contributed by atoms with Crippen LogP contribution in [-0.2, 0) is 0 Å². The summed E-state index contributed by atoms with van der Waals surface area (Å²) in [6.07, 6.45) is 3.84. The van der Waals surface area contributed by atoms with Crippen LogP contribution in [0.3, 0.4) is 0 Å². The number of thiazole rings is 1. The number of thiophene rings is 1. The molecule has 1 aliphatic rings. The van der Waals surface area contributed by atoms with E-state index in [0.29, 0.717) is 5.69 Å². The maximum Gasteiger partial charge on any atom is 0.270 e. The summed E-state index contributed by atoms with van der Waals surface area (Å²) >= 11 is 8.86. The van der Waals surface area contributed by atoms with Crippen molar-refractivity contribution in [2.75, 3.05) is 0 Å². The average molecular weight is 415 g/mol. The van der Waals surface area contributed by atoms with Crippen LogP contribution in [0.5, 0.6) is 0 Å². The molecule has 2 heterocycles. The SMILES string of the molecule is Cl.Cl.NC1CCC(NC(=O)c2csc(-c3ccc(Cl)s3)n2)CC1. The van der Waals surface area contributed by atoms with Crippen molar-refractivity contribution in [3.05, 3.63) is 27.5 Å². The van der Waals surface area contributed by atoms with Gasteiger partial charge in [0.2, 0.25) is 0 Å². The van der Waals surface area contributed by atoms with Crippen LogP contribution in [0.15, 0.2) is 17.5 Å². The van der Waals surface area contributed by atoms with Gasteiger partial charge in [0.05, 0.1) is 9.21 Å². The Morgan fingerprint density at radius 1 is 1.26 bits per heavy atom. The Balaban J connectivity index is 0.00000132. The van der Waals surface area contributed by atoms with Crippen molar-refractivity contribution in [2.45, 2.75) is 37.8 Å². The second-order valence-corrected chi connectivity index (χ2v) is 7.80. The van der Waals surface area contributed by atoms with E-state index in [9.17, 15) is 4.79 Å². The topological polar surface area (TPSA) is 68.0 Å². The van der Waals surface area contributed by atoms with Crippen LogP contribution in [0, 0.1) is 0 Å². The van der Waals surface area contributed by atoms with E-state index in [-0.39, 0.29) is 42.8 Å². The van der Waals surface area contributed by atoms with Crippen LogP contribution in [-0.4, -0.2) is 23.0 Å². The van der Waals surface area contributed by atoms with Gasteiger partial charge in [0.15, 0.2) is 0 Å². The monoisotopic (exact) mass is 413 g/mol. The third-order valence-corrected chi connectivity index (χ3v) is 5.87. The zero-order valence-corrected chi connectivity index (χ0v) is 16.2. The van der Waals surface area contributed by atoms with Crippen LogP contribution >= 0.6 is 59.1 Å². The zero-order valence-electron chi connectivity index (χ0n) is 12.2. The molecule has 0 aromatic carbocycles. The normalized spacial score (nSPS) is 20.3. The number of nitrogens with two attached hydrogens (primary N) is 1. The number of aromatic nitrogens is 1. The zero-order chi connectivity index (χ0) is 14.8. The second kappa shape index (κ2) is 9.20.